The minimum Gasteiger partial charge on any atom is -0.467 e. The standard InChI is InChI=1S/C28H24F4N2O8/c1-13(27(37)39-3)33-25(35)15-5-9-17(10-6-15)41-23-19(29)21(31)24(22(32)20(23)30)42-18-11-7-16(8-12-18)26(36)34-14(2)28(38)40-4/h5-14H,1-4H3,(H,33,35)(H,34,36)/t13-,14-/m0/s1. The zero-order valence-corrected chi connectivity index (χ0v) is 22.6. The first-order chi connectivity index (χ1) is 19.9. The second-order valence-corrected chi connectivity index (χ2v) is 8.60. The predicted molar refractivity (Wildman–Crippen MR) is 137 cm³/mol. The molecule has 0 saturated carbocycles. The average molecular weight is 592 g/mol. The van der Waals surface area contributed by atoms with Crippen molar-refractivity contribution in [2.75, 3.05) is 14.2 Å². The maximum absolute atomic E-state index is 14.8. The lowest BCUT2D eigenvalue weighted by molar-refractivity contribution is -0.143. The first-order valence-corrected chi connectivity index (χ1v) is 12.1. The number of methoxy groups -OCH3 is 2. The van der Waals surface area contributed by atoms with Crippen molar-refractivity contribution in [1.82, 2.24) is 10.6 Å². The fourth-order valence-electron chi connectivity index (χ4n) is 3.39. The molecule has 0 fully saturated rings. The van der Waals surface area contributed by atoms with E-state index in [0.29, 0.717) is 0 Å². The van der Waals surface area contributed by atoms with Gasteiger partial charge in [-0.05, 0) is 62.4 Å². The van der Waals surface area contributed by atoms with Gasteiger partial charge in [0.2, 0.25) is 34.8 Å². The van der Waals surface area contributed by atoms with E-state index in [1.54, 1.807) is 0 Å². The van der Waals surface area contributed by atoms with Crippen LogP contribution in [0.25, 0.3) is 0 Å². The van der Waals surface area contributed by atoms with Gasteiger partial charge in [-0.1, -0.05) is 0 Å². The van der Waals surface area contributed by atoms with Crippen molar-refractivity contribution in [2.24, 2.45) is 0 Å². The number of ether oxygens (including phenoxy) is 4. The van der Waals surface area contributed by atoms with E-state index < -0.39 is 70.6 Å². The quantitative estimate of drug-likeness (QED) is 0.201. The third-order valence-corrected chi connectivity index (χ3v) is 5.66. The van der Waals surface area contributed by atoms with Gasteiger partial charge in [0, 0.05) is 11.1 Å². The van der Waals surface area contributed by atoms with Gasteiger partial charge in [-0.3, -0.25) is 9.59 Å². The van der Waals surface area contributed by atoms with Crippen LogP contribution >= 0.6 is 0 Å². The Labute approximate surface area is 236 Å². The van der Waals surface area contributed by atoms with Crippen molar-refractivity contribution >= 4 is 23.8 Å². The van der Waals surface area contributed by atoms with E-state index >= 15 is 0 Å². The summed E-state index contributed by atoms with van der Waals surface area (Å²) in [7, 11) is 2.30. The van der Waals surface area contributed by atoms with Gasteiger partial charge < -0.3 is 29.6 Å². The van der Waals surface area contributed by atoms with Gasteiger partial charge >= 0.3 is 11.9 Å². The SMILES string of the molecule is COC(=O)[C@H](C)NC(=O)c1ccc(Oc2c(F)c(F)c(Oc3ccc(C(=O)N[C@@H](C)C(=O)OC)cc3)c(F)c2F)cc1. The number of carbonyl (C=O) groups is 4. The summed E-state index contributed by atoms with van der Waals surface area (Å²) in [6.07, 6.45) is 0. The lowest BCUT2D eigenvalue weighted by Crippen LogP contribution is -2.39. The molecule has 222 valence electrons. The van der Waals surface area contributed by atoms with E-state index in [1.807, 2.05) is 0 Å². The third kappa shape index (κ3) is 7.13. The monoisotopic (exact) mass is 592 g/mol. The molecule has 0 heterocycles. The van der Waals surface area contributed by atoms with Gasteiger partial charge in [0.15, 0.2) is 0 Å². The van der Waals surface area contributed by atoms with E-state index in [-0.39, 0.29) is 22.6 Å². The van der Waals surface area contributed by atoms with Gasteiger partial charge in [-0.25, -0.2) is 9.59 Å². The molecule has 2 atom stereocenters. The van der Waals surface area contributed by atoms with E-state index in [4.69, 9.17) is 9.47 Å². The summed E-state index contributed by atoms with van der Waals surface area (Å²) in [6.45, 7) is 2.79. The molecule has 0 aliphatic carbocycles. The largest absolute Gasteiger partial charge is 0.467 e. The predicted octanol–water partition coefficient (Wildman–Crippen LogP) is 4.41. The van der Waals surface area contributed by atoms with Crippen molar-refractivity contribution in [3.63, 3.8) is 0 Å². The zero-order chi connectivity index (χ0) is 31.1. The second-order valence-electron chi connectivity index (χ2n) is 8.60. The Morgan fingerprint density at radius 1 is 0.571 bits per heavy atom. The number of carbonyl (C=O) groups excluding carboxylic acids is 4. The Bertz CT molecular complexity index is 1360. The average Bonchev–Trinajstić information content (AvgIpc) is 2.99. The normalized spacial score (nSPS) is 12.0. The Balaban J connectivity index is 1.75. The van der Waals surface area contributed by atoms with Crippen LogP contribution in [0.5, 0.6) is 23.0 Å². The smallest absolute Gasteiger partial charge is 0.328 e. The highest BCUT2D eigenvalue weighted by atomic mass is 19.2. The number of benzene rings is 3. The summed E-state index contributed by atoms with van der Waals surface area (Å²) in [5.41, 5.74) is 0.0864. The molecule has 0 radical (unpaired) electrons. The minimum absolute atomic E-state index is 0.0432. The van der Waals surface area contributed by atoms with Gasteiger partial charge in [0.1, 0.15) is 23.6 Å². The van der Waals surface area contributed by atoms with Crippen LogP contribution in [0.4, 0.5) is 17.6 Å². The maximum Gasteiger partial charge on any atom is 0.328 e. The van der Waals surface area contributed by atoms with Crippen LogP contribution in [0, 0.1) is 23.3 Å². The number of halogens is 4. The summed E-state index contributed by atoms with van der Waals surface area (Å²) in [4.78, 5) is 47.4. The second kappa shape index (κ2) is 13.5. The minimum atomic E-state index is -1.90. The molecule has 0 aromatic heterocycles. The third-order valence-electron chi connectivity index (χ3n) is 5.66. The van der Waals surface area contributed by atoms with Crippen LogP contribution in [-0.4, -0.2) is 50.1 Å². The highest BCUT2D eigenvalue weighted by molar-refractivity contribution is 5.97. The number of amides is 2. The lowest BCUT2D eigenvalue weighted by atomic mass is 10.2. The van der Waals surface area contributed by atoms with Crippen LogP contribution in [0.2, 0.25) is 0 Å². The van der Waals surface area contributed by atoms with Gasteiger partial charge in [0.05, 0.1) is 14.2 Å². The van der Waals surface area contributed by atoms with Crippen LogP contribution in [-0.2, 0) is 19.1 Å². The van der Waals surface area contributed by atoms with Crippen molar-refractivity contribution in [3.8, 4) is 23.0 Å². The molecular formula is C28H24F4N2O8. The molecule has 0 aliphatic heterocycles. The molecule has 2 amide bonds. The Hall–Kier alpha value is -5.14. The Morgan fingerprint density at radius 2 is 0.857 bits per heavy atom. The van der Waals surface area contributed by atoms with Crippen molar-refractivity contribution in [2.45, 2.75) is 25.9 Å². The molecule has 0 spiro atoms. The van der Waals surface area contributed by atoms with E-state index in [9.17, 15) is 36.7 Å². The van der Waals surface area contributed by atoms with Crippen LogP contribution < -0.4 is 20.1 Å². The molecule has 3 rings (SSSR count). The molecule has 2 N–H and O–H groups in total. The van der Waals surface area contributed by atoms with Crippen LogP contribution in [0.3, 0.4) is 0 Å². The molecule has 0 aliphatic rings. The molecule has 0 unspecified atom stereocenters. The van der Waals surface area contributed by atoms with Crippen molar-refractivity contribution in [1.29, 1.82) is 0 Å². The summed E-state index contributed by atoms with van der Waals surface area (Å²) >= 11 is 0. The van der Waals surface area contributed by atoms with Gasteiger partial charge in [0.25, 0.3) is 11.8 Å². The topological polar surface area (TPSA) is 129 Å². The number of rotatable bonds is 10. The van der Waals surface area contributed by atoms with Crippen LogP contribution in [0.1, 0.15) is 34.6 Å². The Morgan fingerprint density at radius 3 is 1.12 bits per heavy atom. The van der Waals surface area contributed by atoms with E-state index in [0.717, 1.165) is 38.5 Å². The van der Waals surface area contributed by atoms with Gasteiger partial charge in [-0.15, -0.1) is 0 Å². The summed E-state index contributed by atoms with van der Waals surface area (Å²) in [6, 6.07) is 7.30. The lowest BCUT2D eigenvalue weighted by Gasteiger charge is -2.14. The summed E-state index contributed by atoms with van der Waals surface area (Å²) in [5.74, 6) is -13.6. The highest BCUT2D eigenvalue weighted by Crippen LogP contribution is 2.38. The van der Waals surface area contributed by atoms with E-state index in [1.165, 1.54) is 38.1 Å². The fourth-order valence-corrected chi connectivity index (χ4v) is 3.39. The number of hydrogen-bond acceptors (Lipinski definition) is 8. The first-order valence-electron chi connectivity index (χ1n) is 12.1. The van der Waals surface area contributed by atoms with Gasteiger partial charge in [-0.2, -0.15) is 17.6 Å². The first kappa shape index (κ1) is 31.4. The zero-order valence-electron chi connectivity index (χ0n) is 22.6. The molecular weight excluding hydrogens is 568 g/mol. The number of hydrogen-bond donors (Lipinski definition) is 2. The molecule has 42 heavy (non-hydrogen) atoms. The maximum atomic E-state index is 14.8. The van der Waals surface area contributed by atoms with Crippen LogP contribution in [0.15, 0.2) is 48.5 Å². The molecule has 0 saturated heterocycles. The number of esters is 2. The Kier molecular flexibility index (Phi) is 10.1. The molecule has 10 nitrogen and oxygen atoms in total. The fraction of sp³-hybridized carbons (Fsp3) is 0.214. The molecule has 0 bridgehead atoms. The highest BCUT2D eigenvalue weighted by Gasteiger charge is 2.29. The van der Waals surface area contributed by atoms with Crippen molar-refractivity contribution in [3.05, 3.63) is 82.9 Å². The molecule has 3 aromatic carbocycles. The number of nitrogens with one attached hydrogen (secondary N) is 2. The van der Waals surface area contributed by atoms with Crippen molar-refractivity contribution < 1.29 is 55.7 Å². The summed E-state index contributed by atoms with van der Waals surface area (Å²) in [5, 5.41) is 4.75. The van der Waals surface area contributed by atoms with E-state index in [2.05, 4.69) is 20.1 Å². The summed E-state index contributed by atoms with van der Waals surface area (Å²) < 4.78 is 78.0. The molecule has 3 aromatic rings. The molecule has 14 heteroatoms.